The van der Waals surface area contributed by atoms with Crippen molar-refractivity contribution in [3.8, 4) is 0 Å². The number of nitrogens with zero attached hydrogens (tertiary/aromatic N) is 1. The second-order valence-electron chi connectivity index (χ2n) is 4.56. The summed E-state index contributed by atoms with van der Waals surface area (Å²) in [5.41, 5.74) is 3.70. The van der Waals surface area contributed by atoms with Crippen LogP contribution in [0.5, 0.6) is 0 Å². The van der Waals surface area contributed by atoms with Gasteiger partial charge < -0.3 is 4.57 Å². The second kappa shape index (κ2) is 4.97. The largest absolute Gasteiger partial charge is 0.346 e. The highest BCUT2D eigenvalue weighted by molar-refractivity contribution is 6.35. The van der Waals surface area contributed by atoms with Crippen molar-refractivity contribution in [2.24, 2.45) is 7.05 Å². The molecule has 0 fully saturated rings. The number of aryl methyl sites for hydroxylation is 3. The summed E-state index contributed by atoms with van der Waals surface area (Å²) in [4.78, 5) is 0. The van der Waals surface area contributed by atoms with Crippen molar-refractivity contribution in [3.05, 3.63) is 47.1 Å². The van der Waals surface area contributed by atoms with Crippen molar-refractivity contribution < 1.29 is 0 Å². The van der Waals surface area contributed by atoms with Crippen LogP contribution >= 0.6 is 11.6 Å². The lowest BCUT2D eigenvalue weighted by atomic mass is 10.1. The molecule has 0 unspecified atom stereocenters. The third-order valence-electron chi connectivity index (χ3n) is 3.17. The van der Waals surface area contributed by atoms with E-state index in [2.05, 4.69) is 37.3 Å². The molecule has 2 heteroatoms. The van der Waals surface area contributed by atoms with Gasteiger partial charge in [-0.3, -0.25) is 0 Å². The Balaban J connectivity index is 2.42. The first kappa shape index (κ1) is 12.3. The minimum atomic E-state index is 0.845. The molecule has 0 aliphatic heterocycles. The van der Waals surface area contributed by atoms with E-state index < -0.39 is 0 Å². The summed E-state index contributed by atoms with van der Waals surface area (Å²) in [6.07, 6.45) is 5.25. The molecule has 0 spiro atoms. The van der Waals surface area contributed by atoms with E-state index in [1.807, 2.05) is 12.1 Å². The maximum Gasteiger partial charge on any atom is 0.0669 e. The molecule has 0 saturated heterocycles. The lowest BCUT2D eigenvalue weighted by Gasteiger charge is -2.05. The highest BCUT2D eigenvalue weighted by Gasteiger charge is 2.09. The monoisotopic (exact) mass is 247 g/mol. The third-order valence-corrected chi connectivity index (χ3v) is 3.45. The van der Waals surface area contributed by atoms with Crippen molar-refractivity contribution in [2.45, 2.75) is 26.2 Å². The van der Waals surface area contributed by atoms with Gasteiger partial charge in [0.15, 0.2) is 0 Å². The molecule has 1 aromatic heterocycles. The zero-order valence-corrected chi connectivity index (χ0v) is 11.2. The first-order valence-corrected chi connectivity index (χ1v) is 6.36. The third kappa shape index (κ3) is 2.39. The Morgan fingerprint density at radius 1 is 1.35 bits per heavy atom. The van der Waals surface area contributed by atoms with Crippen molar-refractivity contribution in [1.82, 2.24) is 4.57 Å². The predicted octanol–water partition coefficient (Wildman–Crippen LogP) is 4.65. The first-order valence-electron chi connectivity index (χ1n) is 5.99. The van der Waals surface area contributed by atoms with Crippen LogP contribution in [0.15, 0.2) is 30.9 Å². The normalized spacial score (nSPS) is 11.0. The van der Waals surface area contributed by atoms with E-state index in [0.717, 1.165) is 29.8 Å². The fraction of sp³-hybridized carbons (Fsp3) is 0.333. The smallest absolute Gasteiger partial charge is 0.0669 e. The van der Waals surface area contributed by atoms with E-state index in [-0.39, 0.29) is 0 Å². The number of halogens is 1. The number of benzene rings is 1. The Bertz CT molecular complexity index is 552. The standard InChI is InChI=1S/C15H18ClN/c1-4-5-6-7-13-10-12-8-11(2)9-14(16)15(12)17(13)3/h4,8-10H,1,5-7H2,2-3H3. The van der Waals surface area contributed by atoms with Crippen LogP contribution in [-0.2, 0) is 13.5 Å². The maximum atomic E-state index is 6.31. The molecule has 0 amide bonds. The molecule has 0 aliphatic carbocycles. The van der Waals surface area contributed by atoms with E-state index >= 15 is 0 Å². The van der Waals surface area contributed by atoms with Gasteiger partial charge in [0.25, 0.3) is 0 Å². The van der Waals surface area contributed by atoms with Crippen molar-refractivity contribution in [1.29, 1.82) is 0 Å². The number of rotatable bonds is 4. The van der Waals surface area contributed by atoms with Gasteiger partial charge in [0.2, 0.25) is 0 Å². The van der Waals surface area contributed by atoms with E-state index in [1.165, 1.54) is 16.6 Å². The quantitative estimate of drug-likeness (QED) is 0.548. The van der Waals surface area contributed by atoms with Gasteiger partial charge >= 0.3 is 0 Å². The summed E-state index contributed by atoms with van der Waals surface area (Å²) in [6.45, 7) is 5.83. The SMILES string of the molecule is C=CCCCc1cc2cc(C)cc(Cl)c2n1C. The molecule has 0 N–H and O–H groups in total. The van der Waals surface area contributed by atoms with Gasteiger partial charge in [0, 0.05) is 18.1 Å². The highest BCUT2D eigenvalue weighted by atomic mass is 35.5. The second-order valence-corrected chi connectivity index (χ2v) is 4.97. The molecule has 1 heterocycles. The fourth-order valence-corrected chi connectivity index (χ4v) is 2.72. The number of unbranched alkanes of at least 4 members (excludes halogenated alkanes) is 1. The summed E-state index contributed by atoms with van der Waals surface area (Å²) in [7, 11) is 2.09. The molecule has 90 valence electrons. The molecule has 2 aromatic rings. The molecule has 0 aliphatic rings. The number of hydrogen-bond acceptors (Lipinski definition) is 0. The van der Waals surface area contributed by atoms with Gasteiger partial charge in [0.05, 0.1) is 10.5 Å². The molecule has 2 rings (SSSR count). The zero-order chi connectivity index (χ0) is 12.4. The number of fused-ring (bicyclic) bond motifs is 1. The predicted molar refractivity (Wildman–Crippen MR) is 75.8 cm³/mol. The van der Waals surface area contributed by atoms with Gasteiger partial charge in [-0.15, -0.1) is 6.58 Å². The summed E-state index contributed by atoms with van der Waals surface area (Å²) in [6, 6.07) is 6.47. The van der Waals surface area contributed by atoms with Crippen LogP contribution < -0.4 is 0 Å². The molecular formula is C15H18ClN. The van der Waals surface area contributed by atoms with Crippen LogP contribution in [0.1, 0.15) is 24.1 Å². The van der Waals surface area contributed by atoms with Gasteiger partial charge in [-0.25, -0.2) is 0 Å². The summed E-state index contributed by atoms with van der Waals surface area (Å²) in [5, 5.41) is 2.09. The van der Waals surface area contributed by atoms with Crippen molar-refractivity contribution in [2.75, 3.05) is 0 Å². The lowest BCUT2D eigenvalue weighted by molar-refractivity contribution is 0.770. The average molecular weight is 248 g/mol. The minimum absolute atomic E-state index is 0.845. The highest BCUT2D eigenvalue weighted by Crippen LogP contribution is 2.28. The fourth-order valence-electron chi connectivity index (χ4n) is 2.31. The van der Waals surface area contributed by atoms with Crippen molar-refractivity contribution in [3.63, 3.8) is 0 Å². The molecule has 17 heavy (non-hydrogen) atoms. The zero-order valence-electron chi connectivity index (χ0n) is 10.5. The summed E-state index contributed by atoms with van der Waals surface area (Å²) >= 11 is 6.31. The Morgan fingerprint density at radius 3 is 2.82 bits per heavy atom. The van der Waals surface area contributed by atoms with Crippen LogP contribution in [0.25, 0.3) is 10.9 Å². The van der Waals surface area contributed by atoms with E-state index in [9.17, 15) is 0 Å². The Morgan fingerprint density at radius 2 is 2.12 bits per heavy atom. The average Bonchev–Trinajstić information content (AvgIpc) is 2.56. The Labute approximate surface area is 108 Å². The van der Waals surface area contributed by atoms with Crippen LogP contribution in [-0.4, -0.2) is 4.57 Å². The molecule has 0 saturated carbocycles. The van der Waals surface area contributed by atoms with Gasteiger partial charge in [0.1, 0.15) is 0 Å². The Kier molecular flexibility index (Phi) is 3.58. The van der Waals surface area contributed by atoms with Crippen LogP contribution in [0, 0.1) is 6.92 Å². The number of aromatic nitrogens is 1. The topological polar surface area (TPSA) is 4.93 Å². The Hall–Kier alpha value is -1.21. The first-order chi connectivity index (χ1) is 8.13. The molecule has 0 atom stereocenters. The molecule has 0 radical (unpaired) electrons. The van der Waals surface area contributed by atoms with Crippen LogP contribution in [0.4, 0.5) is 0 Å². The van der Waals surface area contributed by atoms with E-state index in [4.69, 9.17) is 11.6 Å². The van der Waals surface area contributed by atoms with Gasteiger partial charge in [-0.05, 0) is 49.9 Å². The van der Waals surface area contributed by atoms with E-state index in [1.54, 1.807) is 0 Å². The minimum Gasteiger partial charge on any atom is -0.346 e. The molecule has 1 nitrogen and oxygen atoms in total. The number of allylic oxidation sites excluding steroid dienone is 1. The van der Waals surface area contributed by atoms with Crippen LogP contribution in [0.3, 0.4) is 0 Å². The number of hydrogen-bond donors (Lipinski definition) is 0. The van der Waals surface area contributed by atoms with Crippen molar-refractivity contribution >= 4 is 22.5 Å². The molecule has 0 bridgehead atoms. The molecule has 1 aromatic carbocycles. The van der Waals surface area contributed by atoms with Gasteiger partial charge in [-0.2, -0.15) is 0 Å². The lowest BCUT2D eigenvalue weighted by Crippen LogP contribution is -1.96. The molecular weight excluding hydrogens is 230 g/mol. The maximum absolute atomic E-state index is 6.31. The van der Waals surface area contributed by atoms with Crippen LogP contribution in [0.2, 0.25) is 5.02 Å². The summed E-state index contributed by atoms with van der Waals surface area (Å²) < 4.78 is 2.21. The van der Waals surface area contributed by atoms with Gasteiger partial charge in [-0.1, -0.05) is 17.7 Å². The van der Waals surface area contributed by atoms with E-state index in [0.29, 0.717) is 0 Å². The summed E-state index contributed by atoms with van der Waals surface area (Å²) in [5.74, 6) is 0.